The zero-order valence-electron chi connectivity index (χ0n) is 12.7. The van der Waals surface area contributed by atoms with E-state index in [1.807, 2.05) is 42.6 Å². The molecule has 0 amide bonds. The predicted molar refractivity (Wildman–Crippen MR) is 86.5 cm³/mol. The molecule has 0 bridgehead atoms. The van der Waals surface area contributed by atoms with Crippen molar-refractivity contribution in [2.75, 3.05) is 20.8 Å². The zero-order valence-corrected chi connectivity index (χ0v) is 12.7. The Bertz CT molecular complexity index is 796. The molecule has 0 spiro atoms. The third kappa shape index (κ3) is 2.40. The maximum atomic E-state index is 5.79. The summed E-state index contributed by atoms with van der Waals surface area (Å²) in [4.78, 5) is 4.76. The first-order valence-corrected chi connectivity index (χ1v) is 7.17. The fraction of sp³-hybridized carbons (Fsp3) is 0.235. The lowest BCUT2D eigenvalue weighted by molar-refractivity contribution is 0.404. The van der Waals surface area contributed by atoms with Crippen molar-refractivity contribution in [3.05, 3.63) is 48.3 Å². The molecule has 2 aromatic heterocycles. The summed E-state index contributed by atoms with van der Waals surface area (Å²) in [6.07, 6.45) is 2.74. The number of hydrogen-bond donors (Lipinski definition) is 1. The monoisotopic (exact) mass is 297 g/mol. The maximum Gasteiger partial charge on any atom is 0.137 e. The molecule has 0 atom stereocenters. The Kier molecular flexibility index (Phi) is 3.98. The molecule has 0 radical (unpaired) electrons. The molecule has 1 aromatic carbocycles. The number of ether oxygens (including phenoxy) is 2. The second-order valence-electron chi connectivity index (χ2n) is 4.94. The molecule has 3 rings (SSSR count). The van der Waals surface area contributed by atoms with Crippen LogP contribution in [0, 0.1) is 0 Å². The number of hydrogen-bond acceptors (Lipinski definition) is 4. The fourth-order valence-electron chi connectivity index (χ4n) is 2.64. The highest BCUT2D eigenvalue weighted by molar-refractivity contribution is 5.73. The molecule has 0 saturated carbocycles. The normalized spacial score (nSPS) is 10.9. The lowest BCUT2D eigenvalue weighted by Gasteiger charge is -2.10. The summed E-state index contributed by atoms with van der Waals surface area (Å²) in [6, 6.07) is 11.7. The van der Waals surface area contributed by atoms with Gasteiger partial charge in [-0.1, -0.05) is 6.07 Å². The molecule has 0 aliphatic rings. The lowest BCUT2D eigenvalue weighted by atomic mass is 10.1. The SMILES string of the molecule is COc1ccc(OC)c(-c2nc3ccccn3c2CCN)c1. The van der Waals surface area contributed by atoms with Crippen LogP contribution < -0.4 is 15.2 Å². The summed E-state index contributed by atoms with van der Waals surface area (Å²) in [5, 5.41) is 0. The Morgan fingerprint density at radius 2 is 2.00 bits per heavy atom. The minimum Gasteiger partial charge on any atom is -0.497 e. The number of methoxy groups -OCH3 is 2. The number of benzene rings is 1. The number of nitrogens with zero attached hydrogens (tertiary/aromatic N) is 2. The largest absolute Gasteiger partial charge is 0.497 e. The van der Waals surface area contributed by atoms with Gasteiger partial charge in [0.05, 0.1) is 25.6 Å². The highest BCUT2D eigenvalue weighted by atomic mass is 16.5. The number of imidazole rings is 1. The van der Waals surface area contributed by atoms with Crippen LogP contribution in [-0.4, -0.2) is 30.1 Å². The average Bonchev–Trinajstić information content (AvgIpc) is 2.93. The molecule has 5 heteroatoms. The number of nitrogens with two attached hydrogens (primary N) is 1. The van der Waals surface area contributed by atoms with E-state index >= 15 is 0 Å². The van der Waals surface area contributed by atoms with Crippen LogP contribution in [0.25, 0.3) is 16.9 Å². The van der Waals surface area contributed by atoms with Gasteiger partial charge in [0.1, 0.15) is 17.1 Å². The minimum atomic E-state index is 0.558. The van der Waals surface area contributed by atoms with Crippen LogP contribution in [0.4, 0.5) is 0 Å². The summed E-state index contributed by atoms with van der Waals surface area (Å²) in [7, 11) is 3.31. The molecule has 3 aromatic rings. The number of fused-ring (bicyclic) bond motifs is 1. The van der Waals surface area contributed by atoms with E-state index in [2.05, 4.69) is 4.40 Å². The van der Waals surface area contributed by atoms with Crippen molar-refractivity contribution < 1.29 is 9.47 Å². The maximum absolute atomic E-state index is 5.79. The quantitative estimate of drug-likeness (QED) is 0.786. The molecule has 0 aliphatic heterocycles. The molecule has 0 fully saturated rings. The van der Waals surface area contributed by atoms with Gasteiger partial charge in [0.25, 0.3) is 0 Å². The van der Waals surface area contributed by atoms with Crippen LogP contribution in [0.1, 0.15) is 5.69 Å². The van der Waals surface area contributed by atoms with E-state index in [0.29, 0.717) is 6.54 Å². The zero-order chi connectivity index (χ0) is 15.5. The topological polar surface area (TPSA) is 61.8 Å². The molecule has 0 saturated heterocycles. The second-order valence-corrected chi connectivity index (χ2v) is 4.94. The molecular formula is C17H19N3O2. The third-order valence-corrected chi connectivity index (χ3v) is 3.67. The molecule has 0 aliphatic carbocycles. The van der Waals surface area contributed by atoms with Crippen molar-refractivity contribution in [3.63, 3.8) is 0 Å². The van der Waals surface area contributed by atoms with Gasteiger partial charge in [-0.25, -0.2) is 4.98 Å². The van der Waals surface area contributed by atoms with E-state index < -0.39 is 0 Å². The number of rotatable bonds is 5. The molecule has 5 nitrogen and oxygen atoms in total. The van der Waals surface area contributed by atoms with Gasteiger partial charge in [0.2, 0.25) is 0 Å². The van der Waals surface area contributed by atoms with E-state index in [1.165, 1.54) is 0 Å². The Hall–Kier alpha value is -2.53. The summed E-state index contributed by atoms with van der Waals surface area (Å²) >= 11 is 0. The standard InChI is InChI=1S/C17H19N3O2/c1-21-12-6-7-15(22-2)13(11-12)17-14(8-9-18)20-10-4-3-5-16(20)19-17/h3-7,10-11H,8-9,18H2,1-2H3. The number of pyridine rings is 1. The van der Waals surface area contributed by atoms with E-state index in [9.17, 15) is 0 Å². The average molecular weight is 297 g/mol. The first-order valence-electron chi connectivity index (χ1n) is 7.17. The van der Waals surface area contributed by atoms with Gasteiger partial charge in [-0.2, -0.15) is 0 Å². The highest BCUT2D eigenvalue weighted by Gasteiger charge is 2.17. The van der Waals surface area contributed by atoms with E-state index in [-0.39, 0.29) is 0 Å². The van der Waals surface area contributed by atoms with E-state index in [1.54, 1.807) is 14.2 Å². The Morgan fingerprint density at radius 1 is 1.14 bits per heavy atom. The van der Waals surface area contributed by atoms with Crippen LogP contribution >= 0.6 is 0 Å². The van der Waals surface area contributed by atoms with Crippen molar-refractivity contribution >= 4 is 5.65 Å². The minimum absolute atomic E-state index is 0.558. The van der Waals surface area contributed by atoms with Crippen molar-refractivity contribution in [2.24, 2.45) is 5.73 Å². The fourth-order valence-corrected chi connectivity index (χ4v) is 2.64. The lowest BCUT2D eigenvalue weighted by Crippen LogP contribution is -2.06. The molecular weight excluding hydrogens is 278 g/mol. The Balaban J connectivity index is 2.27. The van der Waals surface area contributed by atoms with E-state index in [4.69, 9.17) is 20.2 Å². The van der Waals surface area contributed by atoms with E-state index in [0.717, 1.165) is 40.5 Å². The van der Waals surface area contributed by atoms with Crippen molar-refractivity contribution in [1.82, 2.24) is 9.38 Å². The Morgan fingerprint density at radius 3 is 2.73 bits per heavy atom. The molecule has 2 heterocycles. The highest BCUT2D eigenvalue weighted by Crippen LogP contribution is 2.35. The van der Waals surface area contributed by atoms with Crippen molar-refractivity contribution in [3.8, 4) is 22.8 Å². The summed E-state index contributed by atoms with van der Waals surface area (Å²) in [6.45, 7) is 0.558. The van der Waals surface area contributed by atoms with Gasteiger partial charge in [-0.05, 0) is 36.9 Å². The van der Waals surface area contributed by atoms with Gasteiger partial charge in [0.15, 0.2) is 0 Å². The first kappa shape index (κ1) is 14.4. The van der Waals surface area contributed by atoms with Gasteiger partial charge in [-0.3, -0.25) is 0 Å². The smallest absolute Gasteiger partial charge is 0.137 e. The summed E-state index contributed by atoms with van der Waals surface area (Å²) < 4.78 is 12.9. The van der Waals surface area contributed by atoms with Crippen LogP contribution in [0.5, 0.6) is 11.5 Å². The van der Waals surface area contributed by atoms with Crippen LogP contribution in [0.15, 0.2) is 42.6 Å². The van der Waals surface area contributed by atoms with Gasteiger partial charge in [0, 0.05) is 18.2 Å². The van der Waals surface area contributed by atoms with Gasteiger partial charge >= 0.3 is 0 Å². The predicted octanol–water partition coefficient (Wildman–Crippen LogP) is 2.52. The molecule has 0 unspecified atom stereocenters. The Labute approximate surface area is 129 Å². The molecule has 2 N–H and O–H groups in total. The van der Waals surface area contributed by atoms with Crippen LogP contribution in [0.2, 0.25) is 0 Å². The first-order chi connectivity index (χ1) is 10.8. The van der Waals surface area contributed by atoms with Crippen LogP contribution in [-0.2, 0) is 6.42 Å². The van der Waals surface area contributed by atoms with Crippen LogP contribution in [0.3, 0.4) is 0 Å². The second kappa shape index (κ2) is 6.07. The summed E-state index contributed by atoms with van der Waals surface area (Å²) in [5.74, 6) is 1.54. The van der Waals surface area contributed by atoms with Gasteiger partial charge in [-0.15, -0.1) is 0 Å². The van der Waals surface area contributed by atoms with Gasteiger partial charge < -0.3 is 19.6 Å². The molecule has 114 valence electrons. The van der Waals surface area contributed by atoms with Crippen molar-refractivity contribution in [1.29, 1.82) is 0 Å². The molecule has 22 heavy (non-hydrogen) atoms. The number of aromatic nitrogens is 2. The summed E-state index contributed by atoms with van der Waals surface area (Å²) in [5.41, 5.74) is 9.55. The van der Waals surface area contributed by atoms with Crippen molar-refractivity contribution in [2.45, 2.75) is 6.42 Å². The third-order valence-electron chi connectivity index (χ3n) is 3.67.